The molecule has 0 aromatic carbocycles. The first-order valence-electron chi connectivity index (χ1n) is 7.03. The average Bonchev–Trinajstić information content (AvgIpc) is 2.37. The maximum Gasteiger partial charge on any atom is 0.323 e. The van der Waals surface area contributed by atoms with Crippen molar-refractivity contribution in [1.82, 2.24) is 19.9 Å². The lowest BCUT2D eigenvalue weighted by Crippen LogP contribution is -2.24. The third-order valence-corrected chi connectivity index (χ3v) is 2.41. The van der Waals surface area contributed by atoms with Gasteiger partial charge in [0, 0.05) is 33.6 Å². The molecule has 0 atom stereocenters. The Labute approximate surface area is 125 Å². The van der Waals surface area contributed by atoms with Gasteiger partial charge in [0.1, 0.15) is 0 Å². The summed E-state index contributed by atoms with van der Waals surface area (Å²) in [6, 6.07) is 0.261. The zero-order valence-electron chi connectivity index (χ0n) is 13.3. The van der Waals surface area contributed by atoms with Crippen molar-refractivity contribution in [3.05, 3.63) is 0 Å². The summed E-state index contributed by atoms with van der Waals surface area (Å²) in [5.74, 6) is 0.884. The van der Waals surface area contributed by atoms with E-state index in [4.69, 9.17) is 4.74 Å². The van der Waals surface area contributed by atoms with Gasteiger partial charge in [-0.2, -0.15) is 15.0 Å². The van der Waals surface area contributed by atoms with Gasteiger partial charge in [0.2, 0.25) is 17.8 Å². The highest BCUT2D eigenvalue weighted by Gasteiger charge is 2.09. The van der Waals surface area contributed by atoms with E-state index in [0.717, 1.165) is 0 Å². The van der Waals surface area contributed by atoms with Crippen LogP contribution in [0.2, 0.25) is 0 Å². The van der Waals surface area contributed by atoms with Crippen LogP contribution >= 0.6 is 0 Å². The highest BCUT2D eigenvalue weighted by molar-refractivity contribution is 5.75. The highest BCUT2D eigenvalue weighted by atomic mass is 16.5. The molecule has 8 heteroatoms. The molecular weight excluding hydrogens is 272 g/mol. The van der Waals surface area contributed by atoms with Gasteiger partial charge in [-0.15, -0.1) is 0 Å². The molecule has 1 aromatic heterocycles. The third kappa shape index (κ3) is 6.24. The molecule has 0 aliphatic carbocycles. The molecular formula is C13H24N6O2. The van der Waals surface area contributed by atoms with Crippen molar-refractivity contribution in [1.29, 1.82) is 0 Å². The molecule has 118 valence electrons. The number of nitrogens with one attached hydrogen (secondary N) is 2. The van der Waals surface area contributed by atoms with Gasteiger partial charge in [0.15, 0.2) is 0 Å². The number of hydrogen-bond acceptors (Lipinski definition) is 7. The van der Waals surface area contributed by atoms with Gasteiger partial charge in [0.05, 0.1) is 6.10 Å². The van der Waals surface area contributed by atoms with Crippen molar-refractivity contribution < 1.29 is 9.53 Å². The molecule has 0 unspecified atom stereocenters. The second-order valence-electron chi connectivity index (χ2n) is 4.93. The van der Waals surface area contributed by atoms with E-state index in [0.29, 0.717) is 31.4 Å². The minimum Gasteiger partial charge on any atom is -0.461 e. The van der Waals surface area contributed by atoms with Crippen molar-refractivity contribution in [2.45, 2.75) is 33.3 Å². The lowest BCUT2D eigenvalue weighted by atomic mass is 10.4. The summed E-state index contributed by atoms with van der Waals surface area (Å²) in [6.45, 7) is 6.91. The summed E-state index contributed by atoms with van der Waals surface area (Å²) in [6.07, 6.45) is 0.348. The van der Waals surface area contributed by atoms with Crippen molar-refractivity contribution in [2.24, 2.45) is 0 Å². The zero-order chi connectivity index (χ0) is 15.8. The first-order valence-corrected chi connectivity index (χ1v) is 7.03. The van der Waals surface area contributed by atoms with E-state index in [1.165, 1.54) is 0 Å². The minimum atomic E-state index is -0.0231. The Kier molecular flexibility index (Phi) is 6.64. The van der Waals surface area contributed by atoms with Crippen LogP contribution in [0.5, 0.6) is 6.01 Å². The van der Waals surface area contributed by atoms with E-state index in [1.54, 1.807) is 19.0 Å². The van der Waals surface area contributed by atoms with Crippen molar-refractivity contribution in [3.63, 3.8) is 0 Å². The molecule has 0 aliphatic heterocycles. The fourth-order valence-electron chi connectivity index (χ4n) is 1.44. The Bertz CT molecular complexity index is 464. The summed E-state index contributed by atoms with van der Waals surface area (Å²) in [5.41, 5.74) is 0. The molecule has 1 amide bonds. The number of anilines is 2. The molecule has 0 saturated heterocycles. The Morgan fingerprint density at radius 1 is 1.19 bits per heavy atom. The van der Waals surface area contributed by atoms with Crippen molar-refractivity contribution in [3.8, 4) is 6.01 Å². The molecule has 1 aromatic rings. The lowest BCUT2D eigenvalue weighted by molar-refractivity contribution is -0.128. The molecule has 0 spiro atoms. The molecule has 2 N–H and O–H groups in total. The number of rotatable bonds is 8. The van der Waals surface area contributed by atoms with Gasteiger partial charge in [-0.1, -0.05) is 0 Å². The van der Waals surface area contributed by atoms with Crippen LogP contribution < -0.4 is 15.4 Å². The summed E-state index contributed by atoms with van der Waals surface area (Å²) >= 11 is 0. The predicted octanol–water partition coefficient (Wildman–Crippen LogP) is 0.981. The summed E-state index contributed by atoms with van der Waals surface area (Å²) in [7, 11) is 3.45. The number of aromatic nitrogens is 3. The first-order chi connectivity index (χ1) is 9.92. The molecule has 8 nitrogen and oxygen atoms in total. The number of amides is 1. The molecule has 0 radical (unpaired) electrons. The predicted molar refractivity (Wildman–Crippen MR) is 81.6 cm³/mol. The number of carbonyl (C=O) groups excluding carboxylic acids is 1. The Morgan fingerprint density at radius 2 is 1.81 bits per heavy atom. The average molecular weight is 296 g/mol. The topological polar surface area (TPSA) is 92.3 Å². The maximum atomic E-state index is 11.5. The molecule has 0 saturated carbocycles. The zero-order valence-corrected chi connectivity index (χ0v) is 13.3. The lowest BCUT2D eigenvalue weighted by Gasteiger charge is -2.12. The van der Waals surface area contributed by atoms with Crippen LogP contribution in [0.25, 0.3) is 0 Å². The number of hydrogen-bond donors (Lipinski definition) is 2. The Hall–Kier alpha value is -2.12. The Balaban J connectivity index is 2.70. The highest BCUT2D eigenvalue weighted by Crippen LogP contribution is 2.12. The van der Waals surface area contributed by atoms with E-state index >= 15 is 0 Å². The summed E-state index contributed by atoms with van der Waals surface area (Å²) in [4.78, 5) is 25.6. The minimum absolute atomic E-state index is 0.0231. The first kappa shape index (κ1) is 16.9. The van der Waals surface area contributed by atoms with Gasteiger partial charge in [-0.25, -0.2) is 0 Å². The van der Waals surface area contributed by atoms with E-state index in [9.17, 15) is 4.79 Å². The largest absolute Gasteiger partial charge is 0.461 e. The third-order valence-electron chi connectivity index (χ3n) is 2.41. The van der Waals surface area contributed by atoms with Crippen molar-refractivity contribution >= 4 is 17.8 Å². The monoisotopic (exact) mass is 296 g/mol. The van der Waals surface area contributed by atoms with Crippen molar-refractivity contribution in [2.75, 3.05) is 37.8 Å². The molecule has 1 rings (SSSR count). The van der Waals surface area contributed by atoms with Gasteiger partial charge >= 0.3 is 6.01 Å². The molecule has 0 bridgehead atoms. The second-order valence-corrected chi connectivity index (χ2v) is 4.93. The fourth-order valence-corrected chi connectivity index (χ4v) is 1.44. The quantitative estimate of drug-likeness (QED) is 0.738. The smallest absolute Gasteiger partial charge is 0.323 e. The van der Waals surface area contributed by atoms with Gasteiger partial charge < -0.3 is 20.3 Å². The van der Waals surface area contributed by atoms with Crippen LogP contribution in [0.4, 0.5) is 11.9 Å². The summed E-state index contributed by atoms with van der Waals surface area (Å²) < 4.78 is 5.49. The van der Waals surface area contributed by atoms with E-state index in [-0.39, 0.29) is 18.0 Å². The molecule has 0 fully saturated rings. The number of ether oxygens (including phenoxy) is 1. The molecule has 1 heterocycles. The molecule has 0 aliphatic rings. The fraction of sp³-hybridized carbons (Fsp3) is 0.692. The van der Waals surface area contributed by atoms with Gasteiger partial charge in [-0.05, 0) is 20.8 Å². The Morgan fingerprint density at radius 3 is 2.33 bits per heavy atom. The van der Waals surface area contributed by atoms with E-state index < -0.39 is 0 Å². The standard InChI is InChI=1S/C13H24N6O2/c1-6-14-11-16-12(15-8-7-10(20)19(4)5)18-13(17-11)21-9(2)3/h9H,6-8H2,1-5H3,(H2,14,15,16,17,18). The van der Waals surface area contributed by atoms with E-state index in [2.05, 4.69) is 25.6 Å². The SMILES string of the molecule is CCNc1nc(NCCC(=O)N(C)C)nc(OC(C)C)n1. The van der Waals surface area contributed by atoms with Crippen LogP contribution in [0.1, 0.15) is 27.2 Å². The second kappa shape index (κ2) is 8.23. The molecule has 21 heavy (non-hydrogen) atoms. The van der Waals surface area contributed by atoms with Crippen LogP contribution in [-0.2, 0) is 4.79 Å². The van der Waals surface area contributed by atoms with E-state index in [1.807, 2.05) is 20.8 Å². The van der Waals surface area contributed by atoms with Crippen LogP contribution in [0.3, 0.4) is 0 Å². The number of carbonyl (C=O) groups is 1. The van der Waals surface area contributed by atoms with Crippen LogP contribution in [-0.4, -0.2) is 59.0 Å². The number of nitrogens with zero attached hydrogens (tertiary/aromatic N) is 4. The normalized spacial score (nSPS) is 10.4. The van der Waals surface area contributed by atoms with Crippen LogP contribution in [0, 0.1) is 0 Å². The summed E-state index contributed by atoms with van der Waals surface area (Å²) in [5, 5.41) is 6.03. The van der Waals surface area contributed by atoms with Gasteiger partial charge in [-0.3, -0.25) is 4.79 Å². The van der Waals surface area contributed by atoms with Crippen LogP contribution in [0.15, 0.2) is 0 Å². The van der Waals surface area contributed by atoms with Gasteiger partial charge in [0.25, 0.3) is 0 Å². The maximum absolute atomic E-state index is 11.5.